The average molecular weight is 504 g/mol. The molecule has 0 amide bonds. The molecule has 0 N–H and O–H groups in total. The molecule has 0 bridgehead atoms. The molecular weight excluding hydrogens is 486 g/mol. The van der Waals surface area contributed by atoms with Gasteiger partial charge in [0.05, 0.1) is 17.5 Å². The number of rotatable bonds is 7. The summed E-state index contributed by atoms with van der Waals surface area (Å²) in [5.41, 5.74) is -1.32. The second kappa shape index (κ2) is 9.84. The summed E-state index contributed by atoms with van der Waals surface area (Å²) in [4.78, 5) is 36.8. The standard InChI is InChI=1S/C22H18F6N2O5/c1-29-15-8-9-16(35-22(26,27)28)14(12-13-6-3-2-4-7-13)17(15)18(31)30(20(29)33)10-5-11-34-19(32)21(23,24)25/h2-4,6-9H,5,10-12H2,1H3. The number of aryl methyl sites for hydroxylation is 1. The van der Waals surface area contributed by atoms with Gasteiger partial charge < -0.3 is 9.47 Å². The van der Waals surface area contributed by atoms with Crippen molar-refractivity contribution in [3.05, 3.63) is 74.4 Å². The van der Waals surface area contributed by atoms with Crippen LogP contribution in [0.4, 0.5) is 26.3 Å². The first-order chi connectivity index (χ1) is 16.3. The van der Waals surface area contributed by atoms with E-state index in [0.717, 1.165) is 16.7 Å². The highest BCUT2D eigenvalue weighted by molar-refractivity contribution is 5.84. The first kappa shape index (κ1) is 25.8. The zero-order chi connectivity index (χ0) is 26.0. The van der Waals surface area contributed by atoms with Crippen LogP contribution in [0.3, 0.4) is 0 Å². The number of hydrogen-bond donors (Lipinski definition) is 0. The van der Waals surface area contributed by atoms with Crippen LogP contribution < -0.4 is 16.0 Å². The fourth-order valence-corrected chi connectivity index (χ4v) is 3.50. The molecule has 0 aliphatic heterocycles. The lowest BCUT2D eigenvalue weighted by Crippen LogP contribution is -2.40. The van der Waals surface area contributed by atoms with Gasteiger partial charge in [-0.2, -0.15) is 13.2 Å². The molecule has 13 heteroatoms. The largest absolute Gasteiger partial charge is 0.573 e. The SMILES string of the molecule is Cn1c(=O)n(CCCOC(=O)C(F)(F)F)c(=O)c2c(Cc3ccccc3)c(OC(F)(F)F)ccc21. The van der Waals surface area contributed by atoms with Crippen molar-refractivity contribution in [1.29, 1.82) is 0 Å². The van der Waals surface area contributed by atoms with Gasteiger partial charge in [0.2, 0.25) is 0 Å². The van der Waals surface area contributed by atoms with Crippen LogP contribution in [0, 0.1) is 0 Å². The lowest BCUT2D eigenvalue weighted by molar-refractivity contribution is -0.274. The van der Waals surface area contributed by atoms with Crippen molar-refractivity contribution in [2.45, 2.75) is 31.9 Å². The minimum atomic E-state index is -5.20. The van der Waals surface area contributed by atoms with Gasteiger partial charge in [-0.15, -0.1) is 13.2 Å². The third-order valence-electron chi connectivity index (χ3n) is 5.03. The maximum absolute atomic E-state index is 13.2. The molecule has 3 aromatic rings. The molecule has 7 nitrogen and oxygen atoms in total. The van der Waals surface area contributed by atoms with Gasteiger partial charge >= 0.3 is 24.2 Å². The molecule has 188 valence electrons. The molecule has 0 fully saturated rings. The molecule has 0 aliphatic rings. The number of nitrogens with zero attached hydrogens (tertiary/aromatic N) is 2. The molecule has 1 aromatic heterocycles. The quantitative estimate of drug-likeness (QED) is 0.279. The molecule has 1 heterocycles. The topological polar surface area (TPSA) is 79.5 Å². The minimum absolute atomic E-state index is 0.0419. The van der Waals surface area contributed by atoms with Crippen molar-refractivity contribution in [3.8, 4) is 5.75 Å². The molecule has 0 saturated heterocycles. The zero-order valence-corrected chi connectivity index (χ0v) is 18.1. The van der Waals surface area contributed by atoms with Crippen LogP contribution in [-0.2, 0) is 29.5 Å². The first-order valence-electron chi connectivity index (χ1n) is 10.1. The van der Waals surface area contributed by atoms with E-state index in [0.29, 0.717) is 10.1 Å². The predicted molar refractivity (Wildman–Crippen MR) is 111 cm³/mol. The molecule has 2 aromatic carbocycles. The average Bonchev–Trinajstić information content (AvgIpc) is 2.77. The van der Waals surface area contributed by atoms with E-state index in [-0.39, 0.29) is 29.3 Å². The number of alkyl halides is 6. The summed E-state index contributed by atoms with van der Waals surface area (Å²) < 4.78 is 85.8. The van der Waals surface area contributed by atoms with Crippen LogP contribution in [-0.4, -0.2) is 34.2 Å². The number of aromatic nitrogens is 2. The van der Waals surface area contributed by atoms with Crippen LogP contribution in [0.25, 0.3) is 10.9 Å². The van der Waals surface area contributed by atoms with E-state index in [4.69, 9.17) is 0 Å². The van der Waals surface area contributed by atoms with Crippen LogP contribution in [0.15, 0.2) is 52.1 Å². The van der Waals surface area contributed by atoms with Gasteiger partial charge in [-0.25, -0.2) is 9.59 Å². The number of esters is 1. The van der Waals surface area contributed by atoms with E-state index in [2.05, 4.69) is 9.47 Å². The number of halogens is 6. The Hall–Kier alpha value is -3.77. The molecule has 0 spiro atoms. The second-order valence-electron chi connectivity index (χ2n) is 7.43. The summed E-state index contributed by atoms with van der Waals surface area (Å²) in [6, 6.07) is 10.4. The van der Waals surface area contributed by atoms with Crippen molar-refractivity contribution >= 4 is 16.9 Å². The molecule has 0 unspecified atom stereocenters. The number of hydrogen-bond acceptors (Lipinski definition) is 5. The van der Waals surface area contributed by atoms with Crippen molar-refractivity contribution in [2.75, 3.05) is 6.61 Å². The van der Waals surface area contributed by atoms with E-state index in [1.807, 2.05) is 0 Å². The zero-order valence-electron chi connectivity index (χ0n) is 18.1. The predicted octanol–water partition coefficient (Wildman–Crippen LogP) is 3.69. The lowest BCUT2D eigenvalue weighted by atomic mass is 10.00. The van der Waals surface area contributed by atoms with Gasteiger partial charge in [0.25, 0.3) is 5.56 Å². The normalized spacial score (nSPS) is 12.1. The maximum atomic E-state index is 13.2. The van der Waals surface area contributed by atoms with Gasteiger partial charge in [0.1, 0.15) is 5.75 Å². The highest BCUT2D eigenvalue weighted by Crippen LogP contribution is 2.32. The Balaban J connectivity index is 2.08. The van der Waals surface area contributed by atoms with Crippen LogP contribution in [0.1, 0.15) is 17.5 Å². The van der Waals surface area contributed by atoms with E-state index < -0.39 is 48.7 Å². The van der Waals surface area contributed by atoms with Crippen molar-refractivity contribution in [1.82, 2.24) is 9.13 Å². The third kappa shape index (κ3) is 6.03. The van der Waals surface area contributed by atoms with Crippen LogP contribution in [0.5, 0.6) is 5.75 Å². The summed E-state index contributed by atoms with van der Waals surface area (Å²) >= 11 is 0. The van der Waals surface area contributed by atoms with Crippen LogP contribution >= 0.6 is 0 Å². The minimum Gasteiger partial charge on any atom is -0.459 e. The fraction of sp³-hybridized carbons (Fsp3) is 0.318. The molecule has 35 heavy (non-hydrogen) atoms. The summed E-state index contributed by atoms with van der Waals surface area (Å²) in [6.07, 6.45) is -10.7. The Morgan fingerprint density at radius 1 is 0.971 bits per heavy atom. The molecule has 0 saturated carbocycles. The van der Waals surface area contributed by atoms with Gasteiger partial charge in [-0.05, 0) is 24.1 Å². The Bertz CT molecular complexity index is 1340. The number of carbonyl (C=O) groups is 1. The van der Waals surface area contributed by atoms with E-state index in [9.17, 15) is 40.7 Å². The van der Waals surface area contributed by atoms with Gasteiger partial charge in [0.15, 0.2) is 0 Å². The number of benzene rings is 2. The highest BCUT2D eigenvalue weighted by atomic mass is 19.4. The Labute approximate surface area is 193 Å². The Morgan fingerprint density at radius 2 is 1.63 bits per heavy atom. The van der Waals surface area contributed by atoms with Crippen molar-refractivity contribution < 1.29 is 40.6 Å². The van der Waals surface area contributed by atoms with Gasteiger partial charge in [-0.1, -0.05) is 30.3 Å². The van der Waals surface area contributed by atoms with Crippen LogP contribution in [0.2, 0.25) is 0 Å². The van der Waals surface area contributed by atoms with Gasteiger partial charge in [0, 0.05) is 25.6 Å². The fourth-order valence-electron chi connectivity index (χ4n) is 3.50. The maximum Gasteiger partial charge on any atom is 0.573 e. The molecule has 0 aliphatic carbocycles. The van der Waals surface area contributed by atoms with E-state index >= 15 is 0 Å². The van der Waals surface area contributed by atoms with Crippen molar-refractivity contribution in [3.63, 3.8) is 0 Å². The highest BCUT2D eigenvalue weighted by Gasteiger charge is 2.40. The summed E-state index contributed by atoms with van der Waals surface area (Å²) in [5, 5.41) is -0.218. The molecule has 0 atom stereocenters. The number of fused-ring (bicyclic) bond motifs is 1. The monoisotopic (exact) mass is 504 g/mol. The summed E-state index contributed by atoms with van der Waals surface area (Å²) in [5.74, 6) is -3.05. The number of carbonyl (C=O) groups excluding carboxylic acids is 1. The smallest absolute Gasteiger partial charge is 0.459 e. The van der Waals surface area contributed by atoms with Gasteiger partial charge in [-0.3, -0.25) is 13.9 Å². The van der Waals surface area contributed by atoms with E-state index in [1.54, 1.807) is 30.3 Å². The first-order valence-corrected chi connectivity index (χ1v) is 10.1. The van der Waals surface area contributed by atoms with E-state index in [1.165, 1.54) is 7.05 Å². The second-order valence-corrected chi connectivity index (χ2v) is 7.43. The lowest BCUT2D eigenvalue weighted by Gasteiger charge is -2.18. The summed E-state index contributed by atoms with van der Waals surface area (Å²) in [7, 11) is 1.29. The molecule has 3 rings (SSSR count). The molecule has 0 radical (unpaired) electrons. The van der Waals surface area contributed by atoms with Crippen molar-refractivity contribution in [2.24, 2.45) is 7.05 Å². The molecular formula is C22H18F6N2O5. The number of ether oxygens (including phenoxy) is 2. The Kier molecular flexibility index (Phi) is 7.27. The Morgan fingerprint density at radius 3 is 2.23 bits per heavy atom. The summed E-state index contributed by atoms with van der Waals surface area (Å²) in [6.45, 7) is -1.18. The third-order valence-corrected chi connectivity index (χ3v) is 5.03.